The van der Waals surface area contributed by atoms with Crippen molar-refractivity contribution < 1.29 is 4.74 Å². The molecule has 0 aromatic carbocycles. The zero-order valence-corrected chi connectivity index (χ0v) is 15.9. The van der Waals surface area contributed by atoms with Gasteiger partial charge < -0.3 is 9.64 Å². The fourth-order valence-corrected chi connectivity index (χ4v) is 4.49. The van der Waals surface area contributed by atoms with E-state index >= 15 is 0 Å². The number of anilines is 1. The molecule has 8 heteroatoms. The van der Waals surface area contributed by atoms with E-state index in [1.165, 1.54) is 0 Å². The maximum Gasteiger partial charge on any atom is 0.156 e. The number of morpholine rings is 1. The first-order valence-corrected chi connectivity index (χ1v) is 9.87. The standard InChI is InChI=1S/C19H16ClN5OS/c20-15-4-3-14(27-15)12-5-7-21-18-16(12)17(23-24-18)13-2-1-6-22-19(13)25-8-10-26-11-9-25/h1-7H,8-11H2,(H,21,23,24). The molecule has 0 unspecified atom stereocenters. The van der Waals surface area contributed by atoms with E-state index in [9.17, 15) is 0 Å². The van der Waals surface area contributed by atoms with Crippen LogP contribution in [0.3, 0.4) is 0 Å². The van der Waals surface area contributed by atoms with Crippen molar-refractivity contribution in [3.05, 3.63) is 47.1 Å². The van der Waals surface area contributed by atoms with Crippen molar-refractivity contribution in [2.75, 3.05) is 31.2 Å². The third-order valence-corrected chi connectivity index (χ3v) is 5.92. The van der Waals surface area contributed by atoms with E-state index in [0.717, 1.165) is 56.0 Å². The fraction of sp³-hybridized carbons (Fsp3) is 0.211. The highest BCUT2D eigenvalue weighted by molar-refractivity contribution is 7.19. The number of hydrogen-bond donors (Lipinski definition) is 1. The number of H-pyrrole nitrogens is 1. The minimum Gasteiger partial charge on any atom is -0.378 e. The summed E-state index contributed by atoms with van der Waals surface area (Å²) in [6, 6.07) is 9.96. The van der Waals surface area contributed by atoms with Gasteiger partial charge in [-0.3, -0.25) is 5.10 Å². The minimum atomic E-state index is 0.706. The first kappa shape index (κ1) is 16.7. The number of aromatic nitrogens is 4. The molecule has 0 bridgehead atoms. The monoisotopic (exact) mass is 397 g/mol. The molecule has 0 aliphatic carbocycles. The molecule has 5 heterocycles. The normalized spacial score (nSPS) is 14.8. The van der Waals surface area contributed by atoms with Crippen molar-refractivity contribution in [1.29, 1.82) is 0 Å². The Kier molecular flexibility index (Phi) is 4.27. The van der Waals surface area contributed by atoms with Gasteiger partial charge in [0.25, 0.3) is 0 Å². The van der Waals surface area contributed by atoms with Crippen LogP contribution in [0.1, 0.15) is 0 Å². The van der Waals surface area contributed by atoms with Gasteiger partial charge in [0.1, 0.15) is 11.5 Å². The van der Waals surface area contributed by atoms with E-state index in [1.807, 2.05) is 30.5 Å². The maximum absolute atomic E-state index is 6.17. The van der Waals surface area contributed by atoms with E-state index in [2.05, 4.69) is 31.1 Å². The van der Waals surface area contributed by atoms with Gasteiger partial charge in [-0.2, -0.15) is 5.10 Å². The van der Waals surface area contributed by atoms with Crippen LogP contribution in [0.5, 0.6) is 0 Å². The average molecular weight is 398 g/mol. The zero-order chi connectivity index (χ0) is 18.2. The van der Waals surface area contributed by atoms with E-state index in [0.29, 0.717) is 13.2 Å². The van der Waals surface area contributed by atoms with Crippen LogP contribution in [-0.4, -0.2) is 46.5 Å². The number of pyridine rings is 2. The molecule has 136 valence electrons. The van der Waals surface area contributed by atoms with Crippen LogP contribution in [0.2, 0.25) is 4.34 Å². The number of aromatic amines is 1. The Hall–Kier alpha value is -2.48. The van der Waals surface area contributed by atoms with Crippen LogP contribution < -0.4 is 4.90 Å². The highest BCUT2D eigenvalue weighted by Crippen LogP contribution is 2.40. The average Bonchev–Trinajstić information content (AvgIpc) is 3.35. The van der Waals surface area contributed by atoms with Crippen molar-refractivity contribution in [2.45, 2.75) is 0 Å². The predicted octanol–water partition coefficient (Wildman–Crippen LogP) is 4.24. The summed E-state index contributed by atoms with van der Waals surface area (Å²) in [5.74, 6) is 0.924. The second kappa shape index (κ2) is 6.92. The van der Waals surface area contributed by atoms with E-state index in [4.69, 9.17) is 16.3 Å². The van der Waals surface area contributed by atoms with Gasteiger partial charge in [-0.1, -0.05) is 11.6 Å². The SMILES string of the molecule is Clc1ccc(-c2ccnc3[nH]nc(-c4cccnc4N4CCOCC4)c23)s1. The van der Waals surface area contributed by atoms with Crippen molar-refractivity contribution in [3.8, 4) is 21.7 Å². The Morgan fingerprint density at radius 3 is 2.74 bits per heavy atom. The van der Waals surface area contributed by atoms with E-state index in [-0.39, 0.29) is 0 Å². The van der Waals surface area contributed by atoms with Gasteiger partial charge in [-0.15, -0.1) is 11.3 Å². The summed E-state index contributed by atoms with van der Waals surface area (Å²) in [4.78, 5) is 12.4. The largest absolute Gasteiger partial charge is 0.378 e. The van der Waals surface area contributed by atoms with Gasteiger partial charge in [0.2, 0.25) is 0 Å². The van der Waals surface area contributed by atoms with Crippen LogP contribution in [0, 0.1) is 0 Å². The summed E-state index contributed by atoms with van der Waals surface area (Å²) in [7, 11) is 0. The van der Waals surface area contributed by atoms with Gasteiger partial charge in [0.05, 0.1) is 22.9 Å². The Bertz CT molecular complexity index is 1100. The molecular weight excluding hydrogens is 382 g/mol. The van der Waals surface area contributed by atoms with Crippen LogP contribution in [0.4, 0.5) is 5.82 Å². The smallest absolute Gasteiger partial charge is 0.156 e. The molecule has 0 spiro atoms. The summed E-state index contributed by atoms with van der Waals surface area (Å²) in [5, 5.41) is 8.66. The number of thiophene rings is 1. The Morgan fingerprint density at radius 1 is 1.04 bits per heavy atom. The highest BCUT2D eigenvalue weighted by atomic mass is 35.5. The van der Waals surface area contributed by atoms with Crippen LogP contribution in [0.25, 0.3) is 32.7 Å². The van der Waals surface area contributed by atoms with Crippen LogP contribution in [-0.2, 0) is 4.74 Å². The topological polar surface area (TPSA) is 66.9 Å². The lowest BCUT2D eigenvalue weighted by atomic mass is 10.0. The number of halogens is 1. The number of ether oxygens (including phenoxy) is 1. The molecule has 5 rings (SSSR count). The summed E-state index contributed by atoms with van der Waals surface area (Å²) in [6.45, 7) is 3.05. The zero-order valence-electron chi connectivity index (χ0n) is 14.4. The van der Waals surface area contributed by atoms with Crippen LogP contribution >= 0.6 is 22.9 Å². The lowest BCUT2D eigenvalue weighted by Crippen LogP contribution is -2.37. The third-order valence-electron chi connectivity index (χ3n) is 4.65. The van der Waals surface area contributed by atoms with Gasteiger partial charge >= 0.3 is 0 Å². The lowest BCUT2D eigenvalue weighted by Gasteiger charge is -2.29. The molecule has 1 saturated heterocycles. The molecule has 4 aromatic heterocycles. The molecule has 0 amide bonds. The summed E-state index contributed by atoms with van der Waals surface area (Å²) in [6.07, 6.45) is 3.61. The molecule has 1 N–H and O–H groups in total. The molecule has 0 radical (unpaired) electrons. The molecule has 4 aromatic rings. The number of hydrogen-bond acceptors (Lipinski definition) is 6. The predicted molar refractivity (Wildman–Crippen MR) is 108 cm³/mol. The molecule has 0 saturated carbocycles. The van der Waals surface area contributed by atoms with Crippen molar-refractivity contribution in [3.63, 3.8) is 0 Å². The number of nitrogens with zero attached hydrogens (tertiary/aromatic N) is 4. The number of nitrogens with one attached hydrogen (secondary N) is 1. The van der Waals surface area contributed by atoms with Gasteiger partial charge in [0, 0.05) is 41.5 Å². The first-order chi connectivity index (χ1) is 13.3. The van der Waals surface area contributed by atoms with Gasteiger partial charge in [-0.05, 0) is 30.3 Å². The molecule has 27 heavy (non-hydrogen) atoms. The highest BCUT2D eigenvalue weighted by Gasteiger charge is 2.22. The lowest BCUT2D eigenvalue weighted by molar-refractivity contribution is 0.122. The first-order valence-electron chi connectivity index (χ1n) is 8.68. The van der Waals surface area contributed by atoms with Gasteiger partial charge in [0.15, 0.2) is 5.65 Å². The Labute approximate surface area is 164 Å². The number of rotatable bonds is 3. The summed E-state index contributed by atoms with van der Waals surface area (Å²) < 4.78 is 6.25. The number of fused-ring (bicyclic) bond motifs is 1. The molecular formula is C19H16ClN5OS. The maximum atomic E-state index is 6.17. The van der Waals surface area contributed by atoms with E-state index < -0.39 is 0 Å². The van der Waals surface area contributed by atoms with E-state index in [1.54, 1.807) is 17.5 Å². The van der Waals surface area contributed by atoms with Gasteiger partial charge in [-0.25, -0.2) is 9.97 Å². The summed E-state index contributed by atoms with van der Waals surface area (Å²) in [5.41, 5.74) is 3.66. The summed E-state index contributed by atoms with van der Waals surface area (Å²) >= 11 is 7.72. The second-order valence-electron chi connectivity index (χ2n) is 6.23. The van der Waals surface area contributed by atoms with Crippen LogP contribution in [0.15, 0.2) is 42.7 Å². The third kappa shape index (κ3) is 2.97. The quantitative estimate of drug-likeness (QED) is 0.560. The fourth-order valence-electron chi connectivity index (χ4n) is 3.42. The molecule has 0 atom stereocenters. The second-order valence-corrected chi connectivity index (χ2v) is 7.95. The minimum absolute atomic E-state index is 0.706. The Morgan fingerprint density at radius 2 is 1.93 bits per heavy atom. The molecule has 1 fully saturated rings. The van der Waals surface area contributed by atoms with Crippen molar-refractivity contribution >= 4 is 39.8 Å². The van der Waals surface area contributed by atoms with Crippen molar-refractivity contribution in [2.24, 2.45) is 0 Å². The molecule has 1 aliphatic heterocycles. The van der Waals surface area contributed by atoms with Crippen molar-refractivity contribution in [1.82, 2.24) is 20.2 Å². The Balaban J connectivity index is 1.71. The molecule has 6 nitrogen and oxygen atoms in total. The molecule has 1 aliphatic rings.